The molecule has 7 heteroatoms. The Morgan fingerprint density at radius 2 is 1.94 bits per heavy atom. The molecule has 0 unspecified atom stereocenters. The molecule has 1 aromatic carbocycles. The van der Waals surface area contributed by atoms with Crippen LogP contribution >= 0.6 is 11.6 Å². The lowest BCUT2D eigenvalue weighted by molar-refractivity contribution is 0.368. The van der Waals surface area contributed by atoms with Crippen molar-refractivity contribution in [2.24, 2.45) is 0 Å². The van der Waals surface area contributed by atoms with Crippen LogP contribution in [0.1, 0.15) is 13.8 Å². The molecule has 0 saturated carbocycles. The van der Waals surface area contributed by atoms with Gasteiger partial charge in [0.15, 0.2) is 0 Å². The van der Waals surface area contributed by atoms with Gasteiger partial charge < -0.3 is 0 Å². The first-order valence-electron chi connectivity index (χ1n) is 5.33. The number of hydrogen-bond donors (Lipinski definition) is 0. The summed E-state index contributed by atoms with van der Waals surface area (Å²) in [5, 5.41) is 0. The van der Waals surface area contributed by atoms with Gasteiger partial charge in [-0.3, -0.25) is 0 Å². The van der Waals surface area contributed by atoms with Gasteiger partial charge in [-0.05, 0) is 26.0 Å². The molecular weight excluding hydrogens is 284 g/mol. The summed E-state index contributed by atoms with van der Waals surface area (Å²) in [6.07, 6.45) is 0. The van der Waals surface area contributed by atoms with Crippen LogP contribution in [-0.4, -0.2) is 31.2 Å². The molecule has 0 aromatic heterocycles. The van der Waals surface area contributed by atoms with E-state index in [9.17, 15) is 17.2 Å². The summed E-state index contributed by atoms with van der Waals surface area (Å²) in [6.45, 7) is 3.38. The van der Waals surface area contributed by atoms with Gasteiger partial charge >= 0.3 is 0 Å². The maximum atomic E-state index is 13.5. The molecule has 0 spiro atoms. The number of benzene rings is 1. The molecule has 0 N–H and O–H groups in total. The van der Waals surface area contributed by atoms with Crippen LogP contribution in [0, 0.1) is 11.6 Å². The Kier molecular flexibility index (Phi) is 5.07. The van der Waals surface area contributed by atoms with Crippen molar-refractivity contribution in [3.8, 4) is 0 Å². The van der Waals surface area contributed by atoms with Crippen molar-refractivity contribution < 1.29 is 17.2 Å². The number of sulfonamides is 1. The molecule has 0 atom stereocenters. The molecule has 0 bridgehead atoms. The van der Waals surface area contributed by atoms with Gasteiger partial charge in [0.25, 0.3) is 0 Å². The molecule has 0 heterocycles. The van der Waals surface area contributed by atoms with E-state index in [4.69, 9.17) is 11.6 Å². The van der Waals surface area contributed by atoms with Gasteiger partial charge in [-0.25, -0.2) is 17.2 Å². The molecule has 0 aliphatic carbocycles. The minimum atomic E-state index is -4.00. The maximum absolute atomic E-state index is 13.5. The van der Waals surface area contributed by atoms with Crippen molar-refractivity contribution in [3.05, 3.63) is 29.8 Å². The lowest BCUT2D eigenvalue weighted by atomic mass is 10.3. The summed E-state index contributed by atoms with van der Waals surface area (Å²) >= 11 is 5.54. The highest BCUT2D eigenvalue weighted by atomic mass is 35.5. The van der Waals surface area contributed by atoms with Gasteiger partial charge in [0.2, 0.25) is 10.0 Å². The summed E-state index contributed by atoms with van der Waals surface area (Å²) in [5.41, 5.74) is 0. The van der Waals surface area contributed by atoms with E-state index in [-0.39, 0.29) is 18.5 Å². The minimum Gasteiger partial charge on any atom is -0.207 e. The first kappa shape index (κ1) is 15.3. The fourth-order valence-corrected chi connectivity index (χ4v) is 3.52. The van der Waals surface area contributed by atoms with Crippen molar-refractivity contribution in [2.75, 3.05) is 12.4 Å². The van der Waals surface area contributed by atoms with Gasteiger partial charge in [-0.15, -0.1) is 11.6 Å². The Labute approximate surface area is 110 Å². The Hall–Kier alpha value is -0.720. The number of nitrogens with zero attached hydrogens (tertiary/aromatic N) is 1. The van der Waals surface area contributed by atoms with E-state index >= 15 is 0 Å². The van der Waals surface area contributed by atoms with Crippen molar-refractivity contribution >= 4 is 21.6 Å². The smallest absolute Gasteiger partial charge is 0.207 e. The van der Waals surface area contributed by atoms with E-state index in [0.717, 1.165) is 16.4 Å². The standard InChI is InChI=1S/C11H14ClF2NO2S/c1-8(2)15(6-5-12)18(16,17)11-4-3-9(13)7-10(11)14/h3-4,7-8H,5-6H2,1-2H3. The molecule has 1 aromatic rings. The number of alkyl halides is 1. The Morgan fingerprint density at radius 3 is 2.39 bits per heavy atom. The third-order valence-corrected chi connectivity index (χ3v) is 4.64. The van der Waals surface area contributed by atoms with Crippen LogP contribution in [0.3, 0.4) is 0 Å². The number of halogens is 3. The molecule has 3 nitrogen and oxygen atoms in total. The Balaban J connectivity index is 3.26. The summed E-state index contributed by atoms with van der Waals surface area (Å²) < 4.78 is 51.8. The van der Waals surface area contributed by atoms with Gasteiger partial charge in [0.05, 0.1) is 0 Å². The SMILES string of the molecule is CC(C)N(CCCl)S(=O)(=O)c1ccc(F)cc1F. The normalized spacial score (nSPS) is 12.4. The summed E-state index contributed by atoms with van der Waals surface area (Å²) in [6, 6.07) is 2.02. The van der Waals surface area contributed by atoms with Crippen molar-refractivity contribution in [1.82, 2.24) is 4.31 Å². The highest BCUT2D eigenvalue weighted by Crippen LogP contribution is 2.21. The van der Waals surface area contributed by atoms with E-state index in [2.05, 4.69) is 0 Å². The Bertz CT molecular complexity index is 520. The lowest BCUT2D eigenvalue weighted by Gasteiger charge is -2.25. The second-order valence-corrected chi connectivity index (χ2v) is 6.21. The van der Waals surface area contributed by atoms with Gasteiger partial charge in [-0.2, -0.15) is 4.31 Å². The van der Waals surface area contributed by atoms with Crippen LogP contribution in [-0.2, 0) is 10.0 Å². The molecule has 0 fully saturated rings. The number of rotatable bonds is 5. The molecule has 0 amide bonds. The fraction of sp³-hybridized carbons (Fsp3) is 0.455. The van der Waals surface area contributed by atoms with Crippen molar-refractivity contribution in [2.45, 2.75) is 24.8 Å². The van der Waals surface area contributed by atoms with E-state index in [1.54, 1.807) is 13.8 Å². The fourth-order valence-electron chi connectivity index (χ4n) is 1.55. The minimum absolute atomic E-state index is 0.0678. The van der Waals surface area contributed by atoms with E-state index in [1.807, 2.05) is 0 Å². The van der Waals surface area contributed by atoms with E-state index < -0.39 is 26.6 Å². The predicted octanol–water partition coefficient (Wildman–Crippen LogP) is 2.60. The molecule has 0 aliphatic heterocycles. The van der Waals surface area contributed by atoms with Crippen LogP contribution < -0.4 is 0 Å². The molecule has 0 saturated heterocycles. The van der Waals surface area contributed by atoms with Crippen LogP contribution in [0.5, 0.6) is 0 Å². The summed E-state index contributed by atoms with van der Waals surface area (Å²) in [4.78, 5) is -0.539. The topological polar surface area (TPSA) is 37.4 Å². The third-order valence-electron chi connectivity index (χ3n) is 2.36. The quantitative estimate of drug-likeness (QED) is 0.784. The van der Waals surface area contributed by atoms with Gasteiger partial charge in [0.1, 0.15) is 16.5 Å². The largest absolute Gasteiger partial charge is 0.246 e. The van der Waals surface area contributed by atoms with E-state index in [1.165, 1.54) is 0 Å². The molecule has 18 heavy (non-hydrogen) atoms. The van der Waals surface area contributed by atoms with Crippen LogP contribution in [0.15, 0.2) is 23.1 Å². The summed E-state index contributed by atoms with van der Waals surface area (Å²) in [5.74, 6) is -1.82. The highest BCUT2D eigenvalue weighted by Gasteiger charge is 2.29. The molecule has 0 aliphatic rings. The average Bonchev–Trinajstić information content (AvgIpc) is 2.24. The van der Waals surface area contributed by atoms with Gasteiger partial charge in [0, 0.05) is 24.5 Å². The molecule has 102 valence electrons. The predicted molar refractivity (Wildman–Crippen MR) is 66.1 cm³/mol. The molecule has 0 radical (unpaired) electrons. The zero-order valence-electron chi connectivity index (χ0n) is 10.0. The Morgan fingerprint density at radius 1 is 1.33 bits per heavy atom. The lowest BCUT2D eigenvalue weighted by Crippen LogP contribution is -2.38. The first-order valence-corrected chi connectivity index (χ1v) is 7.31. The highest BCUT2D eigenvalue weighted by molar-refractivity contribution is 7.89. The maximum Gasteiger partial charge on any atom is 0.246 e. The van der Waals surface area contributed by atoms with Crippen LogP contribution in [0.2, 0.25) is 0 Å². The van der Waals surface area contributed by atoms with Gasteiger partial charge in [-0.1, -0.05) is 0 Å². The van der Waals surface area contributed by atoms with Crippen LogP contribution in [0.25, 0.3) is 0 Å². The summed E-state index contributed by atoms with van der Waals surface area (Å²) in [7, 11) is -4.00. The first-order chi connectivity index (χ1) is 8.30. The second kappa shape index (κ2) is 5.95. The second-order valence-electron chi connectivity index (χ2n) is 3.97. The van der Waals surface area contributed by atoms with Crippen molar-refractivity contribution in [1.29, 1.82) is 0 Å². The van der Waals surface area contributed by atoms with E-state index in [0.29, 0.717) is 6.07 Å². The monoisotopic (exact) mass is 297 g/mol. The average molecular weight is 298 g/mol. The van der Waals surface area contributed by atoms with Crippen molar-refractivity contribution in [3.63, 3.8) is 0 Å². The third kappa shape index (κ3) is 3.18. The zero-order chi connectivity index (χ0) is 13.9. The van der Waals surface area contributed by atoms with Crippen LogP contribution in [0.4, 0.5) is 8.78 Å². The number of hydrogen-bond acceptors (Lipinski definition) is 2. The molecular formula is C11H14ClF2NO2S. The molecule has 1 rings (SSSR count). The zero-order valence-corrected chi connectivity index (χ0v) is 11.6.